The zero-order chi connectivity index (χ0) is 14.5. The lowest BCUT2D eigenvalue weighted by atomic mass is 9.82. The van der Waals surface area contributed by atoms with Crippen molar-refractivity contribution in [2.24, 2.45) is 17.1 Å². The molecule has 1 nitrogen and oxygen atoms in total. The van der Waals surface area contributed by atoms with E-state index in [4.69, 9.17) is 5.73 Å². The molecule has 2 unspecified atom stereocenters. The van der Waals surface area contributed by atoms with E-state index in [9.17, 15) is 0 Å². The number of rotatable bonds is 6. The minimum atomic E-state index is 0.175. The van der Waals surface area contributed by atoms with Gasteiger partial charge in [0.15, 0.2) is 0 Å². The van der Waals surface area contributed by atoms with Crippen molar-refractivity contribution in [3.8, 4) is 0 Å². The van der Waals surface area contributed by atoms with E-state index in [1.807, 2.05) is 0 Å². The van der Waals surface area contributed by atoms with Gasteiger partial charge < -0.3 is 5.73 Å². The van der Waals surface area contributed by atoms with Crippen LogP contribution in [0, 0.1) is 11.3 Å². The highest BCUT2D eigenvalue weighted by Crippen LogP contribution is 2.29. The van der Waals surface area contributed by atoms with Crippen LogP contribution < -0.4 is 5.73 Å². The molecular weight excluding hydrogens is 230 g/mol. The van der Waals surface area contributed by atoms with Gasteiger partial charge in [0.1, 0.15) is 0 Å². The highest BCUT2D eigenvalue weighted by molar-refractivity contribution is 5.26. The Morgan fingerprint density at radius 1 is 1.21 bits per heavy atom. The maximum atomic E-state index is 6.38. The number of nitrogens with two attached hydrogens (primary N) is 1. The van der Waals surface area contributed by atoms with Crippen molar-refractivity contribution in [2.75, 3.05) is 0 Å². The Balaban J connectivity index is 2.62. The molecule has 19 heavy (non-hydrogen) atoms. The Labute approximate surface area is 119 Å². The summed E-state index contributed by atoms with van der Waals surface area (Å²) in [6.45, 7) is 11.4. The van der Waals surface area contributed by atoms with Gasteiger partial charge in [-0.15, -0.1) is 0 Å². The standard InChI is InChI=1S/C18H31N/c1-6-8-15-9-7-10-16(12-15)17(19)11-14(2)13-18(3,4)5/h7,9-10,12,14,17H,6,8,11,13,19H2,1-5H3. The van der Waals surface area contributed by atoms with Crippen LogP contribution in [-0.2, 0) is 6.42 Å². The maximum absolute atomic E-state index is 6.38. The molecule has 0 radical (unpaired) electrons. The topological polar surface area (TPSA) is 26.0 Å². The molecule has 1 rings (SSSR count). The molecule has 0 bridgehead atoms. The predicted octanol–water partition coefficient (Wildman–Crippen LogP) is 5.10. The highest BCUT2D eigenvalue weighted by atomic mass is 14.6. The minimum Gasteiger partial charge on any atom is -0.324 e. The van der Waals surface area contributed by atoms with Crippen molar-refractivity contribution >= 4 is 0 Å². The molecule has 0 saturated heterocycles. The second-order valence-corrected chi connectivity index (χ2v) is 7.21. The fourth-order valence-corrected chi connectivity index (χ4v) is 2.97. The van der Waals surface area contributed by atoms with Crippen LogP contribution in [-0.4, -0.2) is 0 Å². The second kappa shape index (κ2) is 7.09. The average molecular weight is 261 g/mol. The minimum absolute atomic E-state index is 0.175. The van der Waals surface area contributed by atoms with Crippen LogP contribution in [0.1, 0.15) is 71.0 Å². The lowest BCUT2D eigenvalue weighted by Crippen LogP contribution is -2.18. The van der Waals surface area contributed by atoms with Crippen LogP contribution in [0.15, 0.2) is 24.3 Å². The van der Waals surface area contributed by atoms with Crippen molar-refractivity contribution < 1.29 is 0 Å². The van der Waals surface area contributed by atoms with Crippen molar-refractivity contribution in [3.05, 3.63) is 35.4 Å². The summed E-state index contributed by atoms with van der Waals surface area (Å²) in [4.78, 5) is 0. The molecule has 2 atom stereocenters. The first kappa shape index (κ1) is 16.2. The Bertz CT molecular complexity index is 376. The Hall–Kier alpha value is -0.820. The zero-order valence-corrected chi connectivity index (χ0v) is 13.4. The monoisotopic (exact) mass is 261 g/mol. The normalized spacial score (nSPS) is 15.3. The summed E-state index contributed by atoms with van der Waals surface area (Å²) < 4.78 is 0. The van der Waals surface area contributed by atoms with E-state index in [-0.39, 0.29) is 6.04 Å². The number of benzene rings is 1. The van der Waals surface area contributed by atoms with E-state index in [2.05, 4.69) is 58.9 Å². The fourth-order valence-electron chi connectivity index (χ4n) is 2.97. The van der Waals surface area contributed by atoms with E-state index >= 15 is 0 Å². The smallest absolute Gasteiger partial charge is 0.0297 e. The molecule has 2 N–H and O–H groups in total. The number of hydrogen-bond acceptors (Lipinski definition) is 1. The SMILES string of the molecule is CCCc1cccc(C(N)CC(C)CC(C)(C)C)c1. The summed E-state index contributed by atoms with van der Waals surface area (Å²) in [5, 5.41) is 0. The predicted molar refractivity (Wildman–Crippen MR) is 85.2 cm³/mol. The summed E-state index contributed by atoms with van der Waals surface area (Å²) >= 11 is 0. The lowest BCUT2D eigenvalue weighted by Gasteiger charge is -2.25. The number of aryl methyl sites for hydroxylation is 1. The molecule has 1 aromatic rings. The molecule has 1 heteroatoms. The van der Waals surface area contributed by atoms with Gasteiger partial charge in [-0.05, 0) is 41.7 Å². The molecule has 0 aliphatic heterocycles. The number of hydrogen-bond donors (Lipinski definition) is 1. The Morgan fingerprint density at radius 2 is 1.89 bits per heavy atom. The van der Waals surface area contributed by atoms with E-state index in [1.54, 1.807) is 0 Å². The average Bonchev–Trinajstić information content (AvgIpc) is 2.27. The van der Waals surface area contributed by atoms with Gasteiger partial charge in [-0.3, -0.25) is 0 Å². The summed E-state index contributed by atoms with van der Waals surface area (Å²) in [5.41, 5.74) is 9.49. The first-order valence-corrected chi connectivity index (χ1v) is 7.66. The summed E-state index contributed by atoms with van der Waals surface area (Å²) in [6, 6.07) is 8.99. The van der Waals surface area contributed by atoms with Crippen molar-refractivity contribution in [3.63, 3.8) is 0 Å². The van der Waals surface area contributed by atoms with Crippen molar-refractivity contribution in [2.45, 2.75) is 66.3 Å². The van der Waals surface area contributed by atoms with Crippen LogP contribution in [0.4, 0.5) is 0 Å². The fraction of sp³-hybridized carbons (Fsp3) is 0.667. The summed E-state index contributed by atoms with van der Waals surface area (Å²) in [7, 11) is 0. The molecule has 1 aromatic carbocycles. The van der Waals surface area contributed by atoms with Crippen molar-refractivity contribution in [1.29, 1.82) is 0 Å². The second-order valence-electron chi connectivity index (χ2n) is 7.21. The van der Waals surface area contributed by atoms with Gasteiger partial charge in [-0.1, -0.05) is 65.3 Å². The van der Waals surface area contributed by atoms with Gasteiger partial charge in [0.25, 0.3) is 0 Å². The van der Waals surface area contributed by atoms with E-state index in [1.165, 1.54) is 24.0 Å². The summed E-state index contributed by atoms with van der Waals surface area (Å²) in [6.07, 6.45) is 4.65. The van der Waals surface area contributed by atoms with Gasteiger partial charge in [0, 0.05) is 6.04 Å². The molecule has 0 saturated carbocycles. The Kier molecular flexibility index (Phi) is 6.06. The van der Waals surface area contributed by atoms with E-state index < -0.39 is 0 Å². The molecule has 0 aromatic heterocycles. The molecular formula is C18H31N. The van der Waals surface area contributed by atoms with Crippen LogP contribution in [0.2, 0.25) is 0 Å². The molecule has 0 amide bonds. The van der Waals surface area contributed by atoms with Gasteiger partial charge >= 0.3 is 0 Å². The van der Waals surface area contributed by atoms with Gasteiger partial charge in [-0.2, -0.15) is 0 Å². The van der Waals surface area contributed by atoms with E-state index in [0.717, 1.165) is 12.8 Å². The third kappa shape index (κ3) is 6.24. The first-order valence-electron chi connectivity index (χ1n) is 7.66. The first-order chi connectivity index (χ1) is 8.81. The van der Waals surface area contributed by atoms with Crippen LogP contribution in [0.25, 0.3) is 0 Å². The maximum Gasteiger partial charge on any atom is 0.0297 e. The molecule has 0 heterocycles. The highest BCUT2D eigenvalue weighted by Gasteiger charge is 2.18. The zero-order valence-electron chi connectivity index (χ0n) is 13.4. The summed E-state index contributed by atoms with van der Waals surface area (Å²) in [5.74, 6) is 0.671. The van der Waals surface area contributed by atoms with Gasteiger partial charge in [0.05, 0.1) is 0 Å². The molecule has 108 valence electrons. The van der Waals surface area contributed by atoms with Crippen LogP contribution >= 0.6 is 0 Å². The third-order valence-electron chi connectivity index (χ3n) is 3.54. The van der Waals surface area contributed by atoms with Gasteiger partial charge in [-0.25, -0.2) is 0 Å². The Morgan fingerprint density at radius 3 is 2.47 bits per heavy atom. The van der Waals surface area contributed by atoms with Gasteiger partial charge in [0.2, 0.25) is 0 Å². The molecule has 0 aliphatic rings. The third-order valence-corrected chi connectivity index (χ3v) is 3.54. The lowest BCUT2D eigenvalue weighted by molar-refractivity contribution is 0.286. The molecule has 0 aliphatic carbocycles. The quantitative estimate of drug-likeness (QED) is 0.757. The molecule has 0 fully saturated rings. The van der Waals surface area contributed by atoms with Crippen molar-refractivity contribution in [1.82, 2.24) is 0 Å². The molecule has 0 spiro atoms. The van der Waals surface area contributed by atoms with Crippen LogP contribution in [0.3, 0.4) is 0 Å². The largest absolute Gasteiger partial charge is 0.324 e. The van der Waals surface area contributed by atoms with E-state index in [0.29, 0.717) is 11.3 Å². The van der Waals surface area contributed by atoms with Crippen LogP contribution in [0.5, 0.6) is 0 Å².